The van der Waals surface area contributed by atoms with E-state index in [1.165, 1.54) is 36.5 Å². The average Bonchev–Trinajstić information content (AvgIpc) is 2.78. The molecule has 1 fully saturated rings. The van der Waals surface area contributed by atoms with E-state index in [1.54, 1.807) is 11.3 Å². The van der Waals surface area contributed by atoms with Crippen LogP contribution in [0.2, 0.25) is 0 Å². The van der Waals surface area contributed by atoms with Crippen molar-refractivity contribution in [2.45, 2.75) is 19.8 Å². The molecule has 0 bridgehead atoms. The molecule has 0 spiro atoms. The van der Waals surface area contributed by atoms with Crippen molar-refractivity contribution < 1.29 is 0 Å². The van der Waals surface area contributed by atoms with Crippen molar-refractivity contribution in [1.82, 2.24) is 5.32 Å². The van der Waals surface area contributed by atoms with Crippen LogP contribution in [0.1, 0.15) is 18.4 Å². The van der Waals surface area contributed by atoms with Crippen LogP contribution >= 0.6 is 11.3 Å². The van der Waals surface area contributed by atoms with E-state index in [4.69, 9.17) is 0 Å². The van der Waals surface area contributed by atoms with Gasteiger partial charge < -0.3 is 10.6 Å². The fraction of sp³-hybridized carbons (Fsp3) is 0.636. The maximum Gasteiger partial charge on any atom is 0.0912 e. The maximum atomic E-state index is 3.51. The summed E-state index contributed by atoms with van der Waals surface area (Å²) >= 11 is 1.81. The summed E-state index contributed by atoms with van der Waals surface area (Å²) in [7, 11) is 0. The molecule has 0 radical (unpaired) electrons. The molecule has 1 unspecified atom stereocenters. The Balaban J connectivity index is 1.70. The van der Waals surface area contributed by atoms with Gasteiger partial charge in [0.1, 0.15) is 0 Å². The Morgan fingerprint density at radius 2 is 2.57 bits per heavy atom. The molecule has 78 valence electrons. The third-order valence-corrected chi connectivity index (χ3v) is 3.84. The van der Waals surface area contributed by atoms with Crippen LogP contribution in [-0.4, -0.2) is 19.6 Å². The molecule has 1 aromatic rings. The lowest BCUT2D eigenvalue weighted by atomic mass is 10.1. The van der Waals surface area contributed by atoms with Gasteiger partial charge in [-0.05, 0) is 55.8 Å². The van der Waals surface area contributed by atoms with Gasteiger partial charge in [-0.1, -0.05) is 0 Å². The van der Waals surface area contributed by atoms with E-state index < -0.39 is 0 Å². The van der Waals surface area contributed by atoms with Crippen molar-refractivity contribution in [3.05, 3.63) is 17.0 Å². The summed E-state index contributed by atoms with van der Waals surface area (Å²) in [5.74, 6) is 0.891. The second-order valence-corrected chi connectivity index (χ2v) is 4.92. The Kier molecular flexibility index (Phi) is 3.43. The minimum absolute atomic E-state index is 0.891. The predicted molar refractivity (Wildman–Crippen MR) is 63.1 cm³/mol. The molecule has 2 heterocycles. The maximum absolute atomic E-state index is 3.51. The first kappa shape index (κ1) is 9.99. The van der Waals surface area contributed by atoms with E-state index in [-0.39, 0.29) is 0 Å². The summed E-state index contributed by atoms with van der Waals surface area (Å²) in [4.78, 5) is 0. The van der Waals surface area contributed by atoms with Gasteiger partial charge in [-0.2, -0.15) is 0 Å². The number of thiophene rings is 1. The Bertz CT molecular complexity index is 277. The molecule has 3 heteroatoms. The summed E-state index contributed by atoms with van der Waals surface area (Å²) in [5, 5.41) is 10.4. The first-order valence-corrected chi connectivity index (χ1v) is 6.23. The zero-order chi connectivity index (χ0) is 9.80. The molecule has 0 aliphatic carbocycles. The number of anilines is 1. The lowest BCUT2D eigenvalue weighted by molar-refractivity contribution is 0.549. The van der Waals surface area contributed by atoms with Crippen LogP contribution in [0.3, 0.4) is 0 Å². The standard InChI is InChI=1S/C11H18N2S/c1-9-4-7-14-11(9)13-6-3-10-2-5-12-8-10/h4,7,10,12-13H,2-3,5-6,8H2,1H3. The number of aryl methyl sites for hydroxylation is 1. The summed E-state index contributed by atoms with van der Waals surface area (Å²) in [6, 6.07) is 2.17. The van der Waals surface area contributed by atoms with Gasteiger partial charge in [0.2, 0.25) is 0 Å². The van der Waals surface area contributed by atoms with Gasteiger partial charge in [0.25, 0.3) is 0 Å². The smallest absolute Gasteiger partial charge is 0.0912 e. The first-order chi connectivity index (χ1) is 6.86. The van der Waals surface area contributed by atoms with Crippen LogP contribution in [0.25, 0.3) is 0 Å². The quantitative estimate of drug-likeness (QED) is 0.797. The van der Waals surface area contributed by atoms with Crippen LogP contribution in [0.5, 0.6) is 0 Å². The van der Waals surface area contributed by atoms with Crippen LogP contribution in [0.15, 0.2) is 11.4 Å². The van der Waals surface area contributed by atoms with E-state index >= 15 is 0 Å². The highest BCUT2D eigenvalue weighted by atomic mass is 32.1. The minimum Gasteiger partial charge on any atom is -0.377 e. The van der Waals surface area contributed by atoms with Crippen LogP contribution in [-0.2, 0) is 0 Å². The van der Waals surface area contributed by atoms with E-state index in [2.05, 4.69) is 29.0 Å². The van der Waals surface area contributed by atoms with Crippen molar-refractivity contribution in [3.8, 4) is 0 Å². The zero-order valence-corrected chi connectivity index (χ0v) is 9.49. The van der Waals surface area contributed by atoms with E-state index in [9.17, 15) is 0 Å². The highest BCUT2D eigenvalue weighted by molar-refractivity contribution is 7.14. The van der Waals surface area contributed by atoms with Crippen LogP contribution < -0.4 is 10.6 Å². The number of hydrogen-bond acceptors (Lipinski definition) is 3. The zero-order valence-electron chi connectivity index (χ0n) is 8.68. The summed E-state index contributed by atoms with van der Waals surface area (Å²) in [6.45, 7) is 5.71. The van der Waals surface area contributed by atoms with Crippen molar-refractivity contribution in [3.63, 3.8) is 0 Å². The Morgan fingerprint density at radius 1 is 1.64 bits per heavy atom. The molecule has 2 rings (SSSR count). The highest BCUT2D eigenvalue weighted by Crippen LogP contribution is 2.22. The van der Waals surface area contributed by atoms with E-state index in [0.29, 0.717) is 0 Å². The van der Waals surface area contributed by atoms with Crippen molar-refractivity contribution >= 4 is 16.3 Å². The Hall–Kier alpha value is -0.540. The predicted octanol–water partition coefficient (Wildman–Crippen LogP) is 2.47. The second-order valence-electron chi connectivity index (χ2n) is 4.01. The highest BCUT2D eigenvalue weighted by Gasteiger charge is 2.13. The van der Waals surface area contributed by atoms with Crippen LogP contribution in [0.4, 0.5) is 5.00 Å². The molecule has 1 aliphatic heterocycles. The van der Waals surface area contributed by atoms with E-state index in [0.717, 1.165) is 12.5 Å². The molecule has 1 atom stereocenters. The number of rotatable bonds is 4. The Morgan fingerprint density at radius 3 is 3.21 bits per heavy atom. The molecule has 1 aromatic heterocycles. The topological polar surface area (TPSA) is 24.1 Å². The van der Waals surface area contributed by atoms with Gasteiger partial charge >= 0.3 is 0 Å². The average molecular weight is 210 g/mol. The summed E-state index contributed by atoms with van der Waals surface area (Å²) in [5.41, 5.74) is 1.37. The van der Waals surface area contributed by atoms with Gasteiger partial charge in [0.05, 0.1) is 5.00 Å². The number of nitrogens with one attached hydrogen (secondary N) is 2. The van der Waals surface area contributed by atoms with Crippen molar-refractivity contribution in [1.29, 1.82) is 0 Å². The monoisotopic (exact) mass is 210 g/mol. The second kappa shape index (κ2) is 4.80. The third kappa shape index (κ3) is 2.49. The van der Waals surface area contributed by atoms with Gasteiger partial charge in [0, 0.05) is 6.54 Å². The molecule has 1 aliphatic rings. The van der Waals surface area contributed by atoms with Crippen molar-refractivity contribution in [2.75, 3.05) is 25.0 Å². The molecule has 2 N–H and O–H groups in total. The molecule has 14 heavy (non-hydrogen) atoms. The van der Waals surface area contributed by atoms with E-state index in [1.807, 2.05) is 0 Å². The fourth-order valence-corrected chi connectivity index (χ4v) is 2.75. The number of hydrogen-bond donors (Lipinski definition) is 2. The fourth-order valence-electron chi connectivity index (χ4n) is 1.90. The normalized spacial score (nSPS) is 21.4. The Labute approximate surface area is 89.7 Å². The van der Waals surface area contributed by atoms with Crippen LogP contribution in [0, 0.1) is 12.8 Å². The molecule has 2 nitrogen and oxygen atoms in total. The van der Waals surface area contributed by atoms with Crippen molar-refractivity contribution in [2.24, 2.45) is 5.92 Å². The molecule has 0 saturated carbocycles. The molecule has 0 aromatic carbocycles. The summed E-state index contributed by atoms with van der Waals surface area (Å²) in [6.07, 6.45) is 2.65. The lowest BCUT2D eigenvalue weighted by Crippen LogP contribution is -2.12. The molecule has 1 saturated heterocycles. The van der Waals surface area contributed by atoms with Gasteiger partial charge in [-0.15, -0.1) is 11.3 Å². The SMILES string of the molecule is Cc1ccsc1NCCC1CCNC1. The molecule has 0 amide bonds. The van der Waals surface area contributed by atoms with Gasteiger partial charge in [-0.3, -0.25) is 0 Å². The first-order valence-electron chi connectivity index (χ1n) is 5.35. The van der Waals surface area contributed by atoms with Gasteiger partial charge in [-0.25, -0.2) is 0 Å². The minimum atomic E-state index is 0.891. The lowest BCUT2D eigenvalue weighted by Gasteiger charge is -2.09. The summed E-state index contributed by atoms with van der Waals surface area (Å²) < 4.78 is 0. The third-order valence-electron chi connectivity index (χ3n) is 2.86. The molecular formula is C11H18N2S. The van der Waals surface area contributed by atoms with Gasteiger partial charge in [0.15, 0.2) is 0 Å². The molecular weight excluding hydrogens is 192 g/mol. The largest absolute Gasteiger partial charge is 0.377 e.